The third-order valence-corrected chi connectivity index (χ3v) is 5.15. The fourth-order valence-electron chi connectivity index (χ4n) is 2.07. The highest BCUT2D eigenvalue weighted by Gasteiger charge is 2.23. The van der Waals surface area contributed by atoms with E-state index in [-0.39, 0.29) is 10.8 Å². The summed E-state index contributed by atoms with van der Waals surface area (Å²) in [6.45, 7) is 5.80. The van der Waals surface area contributed by atoms with Crippen LogP contribution in [0, 0.1) is 0 Å². The minimum atomic E-state index is -3.54. The van der Waals surface area contributed by atoms with E-state index in [0.29, 0.717) is 18.8 Å². The van der Waals surface area contributed by atoms with Gasteiger partial charge in [-0.15, -0.1) is 0 Å². The molecule has 0 heterocycles. The summed E-state index contributed by atoms with van der Waals surface area (Å²) >= 11 is 0. The van der Waals surface area contributed by atoms with Crippen LogP contribution in [0.15, 0.2) is 23.1 Å². The van der Waals surface area contributed by atoms with Crippen molar-refractivity contribution in [3.63, 3.8) is 0 Å². The standard InChI is InChI=1S/C14H23N3O3S/c1-6-17(7-2)21(19,20)12-8-9-14(16(4)5)13(10-12)15-11(3)18/h8-10H,6-7H2,1-5H3,(H,15,18). The van der Waals surface area contributed by atoms with Gasteiger partial charge in [-0.2, -0.15) is 4.31 Å². The zero-order chi connectivity index (χ0) is 16.2. The molecule has 118 valence electrons. The van der Waals surface area contributed by atoms with Crippen molar-refractivity contribution in [1.82, 2.24) is 4.31 Å². The van der Waals surface area contributed by atoms with Gasteiger partial charge in [0.05, 0.1) is 16.3 Å². The van der Waals surface area contributed by atoms with Crippen LogP contribution < -0.4 is 10.2 Å². The van der Waals surface area contributed by atoms with Gasteiger partial charge in [-0.25, -0.2) is 8.42 Å². The van der Waals surface area contributed by atoms with Gasteiger partial charge in [0.2, 0.25) is 15.9 Å². The molecule has 0 bridgehead atoms. The fraction of sp³-hybridized carbons (Fsp3) is 0.500. The summed E-state index contributed by atoms with van der Waals surface area (Å²) in [4.78, 5) is 13.3. The lowest BCUT2D eigenvalue weighted by Crippen LogP contribution is -2.30. The Labute approximate surface area is 126 Å². The lowest BCUT2D eigenvalue weighted by Gasteiger charge is -2.22. The summed E-state index contributed by atoms with van der Waals surface area (Å²) in [7, 11) is 0.127. The molecule has 1 aromatic rings. The van der Waals surface area contributed by atoms with Crippen molar-refractivity contribution in [3.8, 4) is 0 Å². The maximum Gasteiger partial charge on any atom is 0.243 e. The molecule has 21 heavy (non-hydrogen) atoms. The molecule has 0 fully saturated rings. The van der Waals surface area contributed by atoms with Crippen LogP contribution in [0.2, 0.25) is 0 Å². The molecular weight excluding hydrogens is 290 g/mol. The Bertz CT molecular complexity index is 608. The number of carbonyl (C=O) groups excluding carboxylic acids is 1. The van der Waals surface area contributed by atoms with Crippen LogP contribution >= 0.6 is 0 Å². The molecule has 0 aliphatic heterocycles. The SMILES string of the molecule is CCN(CC)S(=O)(=O)c1ccc(N(C)C)c(NC(C)=O)c1. The fourth-order valence-corrected chi connectivity index (χ4v) is 3.55. The normalized spacial score (nSPS) is 11.5. The topological polar surface area (TPSA) is 69.7 Å². The second kappa shape index (κ2) is 6.91. The van der Waals surface area contributed by atoms with Crippen molar-refractivity contribution >= 4 is 27.3 Å². The van der Waals surface area contributed by atoms with Crippen molar-refractivity contribution < 1.29 is 13.2 Å². The average molecular weight is 313 g/mol. The molecule has 1 aromatic carbocycles. The highest BCUT2D eigenvalue weighted by molar-refractivity contribution is 7.89. The lowest BCUT2D eigenvalue weighted by atomic mass is 10.2. The molecule has 1 amide bonds. The first-order chi connectivity index (χ1) is 9.73. The molecule has 1 N–H and O–H groups in total. The molecule has 0 saturated heterocycles. The third-order valence-electron chi connectivity index (χ3n) is 3.10. The van der Waals surface area contributed by atoms with E-state index in [1.54, 1.807) is 26.0 Å². The molecule has 0 spiro atoms. The quantitative estimate of drug-likeness (QED) is 0.868. The van der Waals surface area contributed by atoms with Crippen molar-refractivity contribution in [1.29, 1.82) is 0 Å². The van der Waals surface area contributed by atoms with E-state index in [4.69, 9.17) is 0 Å². The average Bonchev–Trinajstić information content (AvgIpc) is 2.38. The van der Waals surface area contributed by atoms with E-state index >= 15 is 0 Å². The molecule has 7 heteroatoms. The number of amides is 1. The second-order valence-corrected chi connectivity index (χ2v) is 6.78. The van der Waals surface area contributed by atoms with Gasteiger partial charge in [-0.1, -0.05) is 13.8 Å². The van der Waals surface area contributed by atoms with Crippen molar-refractivity contribution in [3.05, 3.63) is 18.2 Å². The maximum atomic E-state index is 12.5. The van der Waals surface area contributed by atoms with E-state index in [2.05, 4.69) is 5.32 Å². The molecule has 0 aromatic heterocycles. The van der Waals surface area contributed by atoms with Crippen LogP contribution in [-0.4, -0.2) is 45.8 Å². The van der Waals surface area contributed by atoms with Crippen LogP contribution in [0.4, 0.5) is 11.4 Å². The van der Waals surface area contributed by atoms with Gasteiger partial charge in [0.25, 0.3) is 0 Å². The van der Waals surface area contributed by atoms with Crippen LogP contribution in [0.1, 0.15) is 20.8 Å². The van der Waals surface area contributed by atoms with E-state index in [1.807, 2.05) is 19.0 Å². The lowest BCUT2D eigenvalue weighted by molar-refractivity contribution is -0.114. The number of benzene rings is 1. The summed E-state index contributed by atoms with van der Waals surface area (Å²) in [5.41, 5.74) is 1.24. The van der Waals surface area contributed by atoms with Gasteiger partial charge in [0.1, 0.15) is 0 Å². The van der Waals surface area contributed by atoms with Gasteiger partial charge < -0.3 is 10.2 Å². The molecule has 6 nitrogen and oxygen atoms in total. The number of carbonyl (C=O) groups is 1. The minimum absolute atomic E-state index is 0.181. The van der Waals surface area contributed by atoms with E-state index in [0.717, 1.165) is 5.69 Å². The Hall–Kier alpha value is -1.60. The predicted octanol–water partition coefficient (Wildman–Crippen LogP) is 1.74. The van der Waals surface area contributed by atoms with Crippen molar-refractivity contribution in [2.45, 2.75) is 25.7 Å². The number of sulfonamides is 1. The third kappa shape index (κ3) is 3.95. The molecule has 0 saturated carbocycles. The first-order valence-electron chi connectivity index (χ1n) is 6.83. The molecule has 0 atom stereocenters. The zero-order valence-corrected chi connectivity index (χ0v) is 14.0. The molecule has 0 aliphatic rings. The largest absolute Gasteiger partial charge is 0.376 e. The number of anilines is 2. The number of rotatable bonds is 6. The van der Waals surface area contributed by atoms with Crippen molar-refractivity contribution in [2.75, 3.05) is 37.4 Å². The Morgan fingerprint density at radius 1 is 1.19 bits per heavy atom. The molecular formula is C14H23N3O3S. The Balaban J connectivity index is 3.37. The van der Waals surface area contributed by atoms with Gasteiger partial charge in [0.15, 0.2) is 0 Å². The monoisotopic (exact) mass is 313 g/mol. The van der Waals surface area contributed by atoms with E-state index in [1.165, 1.54) is 17.3 Å². The number of hydrogen-bond donors (Lipinski definition) is 1. The first-order valence-corrected chi connectivity index (χ1v) is 8.27. The zero-order valence-electron chi connectivity index (χ0n) is 13.2. The highest BCUT2D eigenvalue weighted by Crippen LogP contribution is 2.29. The summed E-state index contributed by atoms with van der Waals surface area (Å²) in [5, 5.41) is 2.68. The maximum absolute atomic E-state index is 12.5. The van der Waals surface area contributed by atoms with Crippen LogP contribution in [0.3, 0.4) is 0 Å². The summed E-state index contributed by atoms with van der Waals surface area (Å²) in [5.74, 6) is -0.240. The Kier molecular flexibility index (Phi) is 5.74. The summed E-state index contributed by atoms with van der Waals surface area (Å²) in [6, 6.07) is 4.76. The summed E-state index contributed by atoms with van der Waals surface area (Å²) in [6.07, 6.45) is 0. The van der Waals surface area contributed by atoms with Gasteiger partial charge in [-0.3, -0.25) is 4.79 Å². The molecule has 0 aliphatic carbocycles. The molecule has 0 radical (unpaired) electrons. The Morgan fingerprint density at radius 2 is 1.76 bits per heavy atom. The molecule has 1 rings (SSSR count). The minimum Gasteiger partial charge on any atom is -0.376 e. The van der Waals surface area contributed by atoms with Crippen LogP contribution in [0.5, 0.6) is 0 Å². The van der Waals surface area contributed by atoms with Crippen molar-refractivity contribution in [2.24, 2.45) is 0 Å². The van der Waals surface area contributed by atoms with Crippen LogP contribution in [-0.2, 0) is 14.8 Å². The Morgan fingerprint density at radius 3 is 2.19 bits per heavy atom. The van der Waals surface area contributed by atoms with Crippen LogP contribution in [0.25, 0.3) is 0 Å². The highest BCUT2D eigenvalue weighted by atomic mass is 32.2. The number of hydrogen-bond acceptors (Lipinski definition) is 4. The van der Waals surface area contributed by atoms with E-state index < -0.39 is 10.0 Å². The predicted molar refractivity (Wildman–Crippen MR) is 85.2 cm³/mol. The van der Waals surface area contributed by atoms with Gasteiger partial charge in [-0.05, 0) is 18.2 Å². The smallest absolute Gasteiger partial charge is 0.243 e. The first kappa shape index (κ1) is 17.5. The molecule has 0 unspecified atom stereocenters. The second-order valence-electron chi connectivity index (χ2n) is 4.84. The number of nitrogens with one attached hydrogen (secondary N) is 1. The van der Waals surface area contributed by atoms with Gasteiger partial charge in [0, 0.05) is 34.1 Å². The van der Waals surface area contributed by atoms with Gasteiger partial charge >= 0.3 is 0 Å². The summed E-state index contributed by atoms with van der Waals surface area (Å²) < 4.78 is 26.4. The number of nitrogens with zero attached hydrogens (tertiary/aromatic N) is 2. The van der Waals surface area contributed by atoms with E-state index in [9.17, 15) is 13.2 Å².